The lowest BCUT2D eigenvalue weighted by atomic mass is 10.2. The lowest BCUT2D eigenvalue weighted by molar-refractivity contribution is 0.211. The zero-order chi connectivity index (χ0) is 15.1. The number of hydrogen-bond acceptors (Lipinski definition) is 6. The Morgan fingerprint density at radius 3 is 2.43 bits per heavy atom. The van der Waals surface area contributed by atoms with Crippen molar-refractivity contribution in [2.75, 3.05) is 11.9 Å². The third-order valence-electron chi connectivity index (χ3n) is 2.48. The van der Waals surface area contributed by atoms with Gasteiger partial charge in [-0.05, 0) is 26.3 Å². The number of aromatic nitrogens is 3. The van der Waals surface area contributed by atoms with E-state index in [2.05, 4.69) is 20.3 Å². The van der Waals surface area contributed by atoms with Crippen LogP contribution in [0.4, 0.5) is 5.95 Å². The summed E-state index contributed by atoms with van der Waals surface area (Å²) < 4.78 is 11.1. The molecule has 1 N–H and O–H groups in total. The maximum absolute atomic E-state index is 5.62. The van der Waals surface area contributed by atoms with Gasteiger partial charge in [-0.25, -0.2) is 0 Å². The second kappa shape index (κ2) is 7.42. The molecule has 0 unspecified atom stereocenters. The standard InChI is InChI=1S/C15H20N4O2/c1-4-16-13-17-14(19-15(18-13)21-11(2)3)20-10-12-8-6-5-7-9-12/h5-9,11H,4,10H2,1-3H3,(H,16,17,18,19). The summed E-state index contributed by atoms with van der Waals surface area (Å²) in [5.74, 6) is 0.450. The van der Waals surface area contributed by atoms with E-state index in [1.54, 1.807) is 0 Å². The molecule has 0 aliphatic carbocycles. The van der Waals surface area contributed by atoms with Gasteiger partial charge in [-0.15, -0.1) is 4.98 Å². The van der Waals surface area contributed by atoms with Crippen molar-refractivity contribution in [2.24, 2.45) is 0 Å². The topological polar surface area (TPSA) is 69.2 Å². The predicted octanol–water partition coefficient (Wildman–Crippen LogP) is 2.67. The molecule has 1 aromatic heterocycles. The average molecular weight is 288 g/mol. The Morgan fingerprint density at radius 2 is 1.76 bits per heavy atom. The minimum atomic E-state index is -0.0103. The van der Waals surface area contributed by atoms with Crippen molar-refractivity contribution in [3.05, 3.63) is 35.9 Å². The van der Waals surface area contributed by atoms with Gasteiger partial charge in [-0.3, -0.25) is 0 Å². The van der Waals surface area contributed by atoms with Gasteiger partial charge in [0.15, 0.2) is 0 Å². The molecule has 21 heavy (non-hydrogen) atoms. The molecular weight excluding hydrogens is 268 g/mol. The number of rotatable bonds is 7. The van der Waals surface area contributed by atoms with Crippen LogP contribution < -0.4 is 14.8 Å². The number of nitrogens with zero attached hydrogens (tertiary/aromatic N) is 3. The van der Waals surface area contributed by atoms with Crippen molar-refractivity contribution in [2.45, 2.75) is 33.5 Å². The van der Waals surface area contributed by atoms with E-state index in [0.717, 1.165) is 5.56 Å². The van der Waals surface area contributed by atoms with Crippen molar-refractivity contribution >= 4 is 5.95 Å². The first kappa shape index (κ1) is 15.0. The van der Waals surface area contributed by atoms with Crippen molar-refractivity contribution < 1.29 is 9.47 Å². The number of anilines is 1. The molecule has 0 aliphatic heterocycles. The zero-order valence-corrected chi connectivity index (χ0v) is 12.5. The summed E-state index contributed by atoms with van der Waals surface area (Å²) in [4.78, 5) is 12.6. The lowest BCUT2D eigenvalue weighted by Crippen LogP contribution is -2.12. The van der Waals surface area contributed by atoms with E-state index in [-0.39, 0.29) is 18.1 Å². The Hall–Kier alpha value is -2.37. The second-order valence-electron chi connectivity index (χ2n) is 4.70. The molecule has 0 spiro atoms. The Morgan fingerprint density at radius 1 is 1.05 bits per heavy atom. The summed E-state index contributed by atoms with van der Waals surface area (Å²) in [5, 5.41) is 3.04. The van der Waals surface area contributed by atoms with Gasteiger partial charge in [-0.2, -0.15) is 9.97 Å². The first-order chi connectivity index (χ1) is 10.2. The van der Waals surface area contributed by atoms with Crippen LogP contribution in [0.5, 0.6) is 12.0 Å². The van der Waals surface area contributed by atoms with Crippen LogP contribution in [0.3, 0.4) is 0 Å². The van der Waals surface area contributed by atoms with Gasteiger partial charge in [0, 0.05) is 6.54 Å². The van der Waals surface area contributed by atoms with E-state index >= 15 is 0 Å². The maximum Gasteiger partial charge on any atom is 0.324 e. The Labute approximate surface area is 124 Å². The van der Waals surface area contributed by atoms with E-state index in [1.165, 1.54) is 0 Å². The van der Waals surface area contributed by atoms with Gasteiger partial charge in [0.25, 0.3) is 0 Å². The van der Waals surface area contributed by atoms with Gasteiger partial charge in [0.1, 0.15) is 6.61 Å². The number of ether oxygens (including phenoxy) is 2. The van der Waals surface area contributed by atoms with Gasteiger partial charge in [-0.1, -0.05) is 30.3 Å². The van der Waals surface area contributed by atoms with Crippen LogP contribution in [0.1, 0.15) is 26.3 Å². The van der Waals surface area contributed by atoms with Crippen molar-refractivity contribution in [3.63, 3.8) is 0 Å². The normalized spacial score (nSPS) is 10.5. The highest BCUT2D eigenvalue weighted by Gasteiger charge is 2.09. The summed E-state index contributed by atoms with van der Waals surface area (Å²) in [5.41, 5.74) is 1.05. The molecule has 2 rings (SSSR count). The molecule has 2 aromatic rings. The van der Waals surface area contributed by atoms with Crippen molar-refractivity contribution in [1.29, 1.82) is 0 Å². The highest BCUT2D eigenvalue weighted by Crippen LogP contribution is 2.15. The maximum atomic E-state index is 5.62. The first-order valence-electron chi connectivity index (χ1n) is 7.00. The quantitative estimate of drug-likeness (QED) is 0.844. The number of benzene rings is 1. The summed E-state index contributed by atoms with van der Waals surface area (Å²) in [6.07, 6.45) is -0.0103. The molecule has 1 aromatic carbocycles. The van der Waals surface area contributed by atoms with Crippen molar-refractivity contribution in [1.82, 2.24) is 15.0 Å². The summed E-state index contributed by atoms with van der Waals surface area (Å²) in [6, 6.07) is 10.4. The summed E-state index contributed by atoms with van der Waals surface area (Å²) >= 11 is 0. The van der Waals surface area contributed by atoms with Gasteiger partial charge in [0.2, 0.25) is 5.95 Å². The fraction of sp³-hybridized carbons (Fsp3) is 0.400. The molecule has 6 heteroatoms. The molecule has 0 bridgehead atoms. The lowest BCUT2D eigenvalue weighted by Gasteiger charge is -2.11. The third-order valence-corrected chi connectivity index (χ3v) is 2.48. The number of nitrogens with one attached hydrogen (secondary N) is 1. The molecule has 1 heterocycles. The monoisotopic (exact) mass is 288 g/mol. The minimum Gasteiger partial charge on any atom is -0.461 e. The second-order valence-corrected chi connectivity index (χ2v) is 4.70. The molecule has 0 atom stereocenters. The van der Waals surface area contributed by atoms with Crippen LogP contribution in [-0.4, -0.2) is 27.6 Å². The largest absolute Gasteiger partial charge is 0.461 e. The summed E-state index contributed by atoms with van der Waals surface area (Å²) in [6.45, 7) is 6.92. The highest BCUT2D eigenvalue weighted by atomic mass is 16.5. The Kier molecular flexibility index (Phi) is 5.31. The van der Waals surface area contributed by atoms with Crippen LogP contribution in [0.25, 0.3) is 0 Å². The molecule has 112 valence electrons. The molecule has 0 radical (unpaired) electrons. The molecule has 0 fully saturated rings. The Balaban J connectivity index is 2.11. The van der Waals surface area contributed by atoms with E-state index in [0.29, 0.717) is 19.1 Å². The molecule has 0 saturated heterocycles. The van der Waals surface area contributed by atoms with E-state index in [9.17, 15) is 0 Å². The Bertz CT molecular complexity index is 561. The van der Waals surface area contributed by atoms with E-state index in [4.69, 9.17) is 9.47 Å². The number of hydrogen-bond donors (Lipinski definition) is 1. The SMILES string of the molecule is CCNc1nc(OCc2ccccc2)nc(OC(C)C)n1. The van der Waals surface area contributed by atoms with Crippen LogP contribution in [0, 0.1) is 0 Å². The van der Waals surface area contributed by atoms with Crippen LogP contribution >= 0.6 is 0 Å². The van der Waals surface area contributed by atoms with E-state index in [1.807, 2.05) is 51.1 Å². The van der Waals surface area contributed by atoms with E-state index < -0.39 is 0 Å². The first-order valence-corrected chi connectivity index (χ1v) is 7.00. The fourth-order valence-electron chi connectivity index (χ4n) is 1.63. The van der Waals surface area contributed by atoms with Gasteiger partial charge >= 0.3 is 12.0 Å². The molecule has 6 nitrogen and oxygen atoms in total. The average Bonchev–Trinajstić information content (AvgIpc) is 2.46. The van der Waals surface area contributed by atoms with Crippen LogP contribution in [0.15, 0.2) is 30.3 Å². The van der Waals surface area contributed by atoms with Gasteiger partial charge < -0.3 is 14.8 Å². The molecular formula is C15H20N4O2. The van der Waals surface area contributed by atoms with Crippen molar-refractivity contribution in [3.8, 4) is 12.0 Å². The van der Waals surface area contributed by atoms with Crippen LogP contribution in [0.2, 0.25) is 0 Å². The smallest absolute Gasteiger partial charge is 0.324 e. The molecule has 0 saturated carbocycles. The fourth-order valence-corrected chi connectivity index (χ4v) is 1.63. The summed E-state index contributed by atoms with van der Waals surface area (Å²) in [7, 11) is 0. The van der Waals surface area contributed by atoms with Gasteiger partial charge in [0.05, 0.1) is 6.10 Å². The highest BCUT2D eigenvalue weighted by molar-refractivity contribution is 5.27. The minimum absolute atomic E-state index is 0.0103. The van der Waals surface area contributed by atoms with Crippen LogP contribution in [-0.2, 0) is 6.61 Å². The molecule has 0 aliphatic rings. The molecule has 0 amide bonds. The zero-order valence-electron chi connectivity index (χ0n) is 12.5. The third kappa shape index (κ3) is 4.91. The predicted molar refractivity (Wildman–Crippen MR) is 80.5 cm³/mol.